The van der Waals surface area contributed by atoms with Crippen LogP contribution in [0.4, 0.5) is 0 Å². The maximum Gasteiger partial charge on any atom is 0.305 e. The van der Waals surface area contributed by atoms with E-state index in [1.54, 1.807) is 0 Å². The van der Waals surface area contributed by atoms with Gasteiger partial charge in [0.2, 0.25) is 0 Å². The van der Waals surface area contributed by atoms with Crippen molar-refractivity contribution in [3.8, 4) is 0 Å². The smallest absolute Gasteiger partial charge is 0.305 e. The maximum absolute atomic E-state index is 11.3. The minimum absolute atomic E-state index is 0.0317. The molecule has 236 valence electrons. The SMILES string of the molecule is CCCCCCCCCCCCCCC=CCCCCCC=CCCCCCCCCCCCCC(=O)OCC. The molecule has 0 aliphatic heterocycles. The van der Waals surface area contributed by atoms with Crippen LogP contribution < -0.4 is 0 Å². The first kappa shape index (κ1) is 39.0. The summed E-state index contributed by atoms with van der Waals surface area (Å²) in [5, 5.41) is 0. The van der Waals surface area contributed by atoms with Crippen LogP contribution in [0.3, 0.4) is 0 Å². The second-order valence-corrected chi connectivity index (χ2v) is 12.1. The van der Waals surface area contributed by atoms with Crippen molar-refractivity contribution >= 4 is 5.97 Å². The average Bonchev–Trinajstić information content (AvgIpc) is 2.95. The van der Waals surface area contributed by atoms with Crippen LogP contribution in [-0.4, -0.2) is 12.6 Å². The number of unbranched alkanes of at least 4 members (excludes halogenated alkanes) is 26. The van der Waals surface area contributed by atoms with Gasteiger partial charge in [-0.05, 0) is 64.7 Å². The number of esters is 1. The third-order valence-electron chi connectivity index (χ3n) is 8.11. The second-order valence-electron chi connectivity index (χ2n) is 12.1. The molecule has 0 N–H and O–H groups in total. The normalized spacial score (nSPS) is 11.8. The number of rotatable bonds is 33. The maximum atomic E-state index is 11.3. The number of allylic oxidation sites excluding steroid dienone is 4. The lowest BCUT2D eigenvalue weighted by molar-refractivity contribution is -0.143. The van der Waals surface area contributed by atoms with Crippen LogP contribution in [0.15, 0.2) is 24.3 Å². The van der Waals surface area contributed by atoms with Crippen molar-refractivity contribution in [3.05, 3.63) is 24.3 Å². The Hall–Kier alpha value is -1.05. The molecular formula is C38H72O2. The van der Waals surface area contributed by atoms with E-state index < -0.39 is 0 Å². The van der Waals surface area contributed by atoms with Crippen molar-refractivity contribution in [2.45, 2.75) is 206 Å². The molecule has 0 rings (SSSR count). The molecule has 0 aromatic rings. The minimum Gasteiger partial charge on any atom is -0.466 e. The summed E-state index contributed by atoms with van der Waals surface area (Å²) in [7, 11) is 0. The number of carbonyl (C=O) groups is 1. The van der Waals surface area contributed by atoms with Crippen molar-refractivity contribution in [3.63, 3.8) is 0 Å². The van der Waals surface area contributed by atoms with E-state index in [4.69, 9.17) is 4.74 Å². The Morgan fingerprint density at radius 3 is 1.00 bits per heavy atom. The molecule has 2 heteroatoms. The molecule has 0 aliphatic rings. The summed E-state index contributed by atoms with van der Waals surface area (Å²) >= 11 is 0. The van der Waals surface area contributed by atoms with Gasteiger partial charge in [-0.25, -0.2) is 0 Å². The van der Waals surface area contributed by atoms with E-state index in [1.165, 1.54) is 180 Å². The summed E-state index contributed by atoms with van der Waals surface area (Å²) < 4.78 is 4.97. The van der Waals surface area contributed by atoms with Crippen molar-refractivity contribution in [2.24, 2.45) is 0 Å². The quantitative estimate of drug-likeness (QED) is 0.0453. The van der Waals surface area contributed by atoms with E-state index in [9.17, 15) is 4.79 Å². The van der Waals surface area contributed by atoms with Crippen LogP contribution in [-0.2, 0) is 9.53 Å². The molecule has 0 saturated heterocycles. The van der Waals surface area contributed by atoms with Gasteiger partial charge in [0, 0.05) is 6.42 Å². The molecule has 40 heavy (non-hydrogen) atoms. The molecule has 0 amide bonds. The minimum atomic E-state index is -0.0317. The lowest BCUT2D eigenvalue weighted by atomic mass is 10.0. The molecule has 0 atom stereocenters. The first-order valence-electron chi connectivity index (χ1n) is 18.3. The third kappa shape index (κ3) is 35.0. The standard InChI is InChI=1S/C38H72O2/c1-3-5-6-7-8-9-10-11-12-13-14-15-16-17-18-19-20-21-22-23-24-25-26-27-28-29-30-31-32-33-34-35-36-37-38(39)40-4-2/h17-18,24-25H,3-16,19-23,26-37H2,1-2H3. The molecular weight excluding hydrogens is 488 g/mol. The lowest BCUT2D eigenvalue weighted by Gasteiger charge is -2.03. The zero-order valence-corrected chi connectivity index (χ0v) is 27.5. The fraction of sp³-hybridized carbons (Fsp3) is 0.868. The predicted molar refractivity (Wildman–Crippen MR) is 179 cm³/mol. The van der Waals surface area contributed by atoms with E-state index in [2.05, 4.69) is 31.2 Å². The number of hydrogen-bond acceptors (Lipinski definition) is 2. The molecule has 0 aromatic carbocycles. The van der Waals surface area contributed by atoms with Gasteiger partial charge in [0.1, 0.15) is 0 Å². The van der Waals surface area contributed by atoms with Gasteiger partial charge in [-0.15, -0.1) is 0 Å². The van der Waals surface area contributed by atoms with Gasteiger partial charge < -0.3 is 4.74 Å². The topological polar surface area (TPSA) is 26.3 Å². The zero-order valence-electron chi connectivity index (χ0n) is 27.5. The van der Waals surface area contributed by atoms with Crippen LogP contribution >= 0.6 is 0 Å². The summed E-state index contributed by atoms with van der Waals surface area (Å²) in [5.41, 5.74) is 0. The van der Waals surface area contributed by atoms with Crippen molar-refractivity contribution in [1.82, 2.24) is 0 Å². The van der Waals surface area contributed by atoms with E-state index in [-0.39, 0.29) is 5.97 Å². The summed E-state index contributed by atoms with van der Waals surface area (Å²) in [4.78, 5) is 11.3. The van der Waals surface area contributed by atoms with Crippen LogP contribution in [0, 0.1) is 0 Å². The molecule has 0 fully saturated rings. The molecule has 0 spiro atoms. The van der Waals surface area contributed by atoms with Crippen LogP contribution in [0.2, 0.25) is 0 Å². The Morgan fingerprint density at radius 2 is 0.675 bits per heavy atom. The highest BCUT2D eigenvalue weighted by molar-refractivity contribution is 5.69. The molecule has 0 bridgehead atoms. The number of carbonyl (C=O) groups excluding carboxylic acids is 1. The Kier molecular flexibility index (Phi) is 35.0. The van der Waals surface area contributed by atoms with Crippen molar-refractivity contribution < 1.29 is 9.53 Å². The third-order valence-corrected chi connectivity index (χ3v) is 8.11. The first-order chi connectivity index (χ1) is 19.8. The number of ether oxygens (including phenoxy) is 1. The summed E-state index contributed by atoms with van der Waals surface area (Å²) in [6, 6.07) is 0. The Bertz CT molecular complexity index is 536. The predicted octanol–water partition coefficient (Wildman–Crippen LogP) is 13.4. The van der Waals surface area contributed by atoms with Crippen molar-refractivity contribution in [1.29, 1.82) is 0 Å². The fourth-order valence-corrected chi connectivity index (χ4v) is 5.45. The Balaban J connectivity index is 3.17. The highest BCUT2D eigenvalue weighted by Gasteiger charge is 2.00. The van der Waals surface area contributed by atoms with Gasteiger partial charge in [-0.3, -0.25) is 4.79 Å². The number of hydrogen-bond donors (Lipinski definition) is 0. The van der Waals surface area contributed by atoms with E-state index in [1.807, 2.05) is 6.92 Å². The average molecular weight is 561 g/mol. The monoisotopic (exact) mass is 561 g/mol. The van der Waals surface area contributed by atoms with Gasteiger partial charge >= 0.3 is 5.97 Å². The van der Waals surface area contributed by atoms with Crippen LogP contribution in [0.25, 0.3) is 0 Å². The lowest BCUT2D eigenvalue weighted by Crippen LogP contribution is -2.03. The van der Waals surface area contributed by atoms with E-state index in [0.29, 0.717) is 13.0 Å². The molecule has 0 heterocycles. The van der Waals surface area contributed by atoms with E-state index in [0.717, 1.165) is 6.42 Å². The summed E-state index contributed by atoms with van der Waals surface area (Å²) in [5.74, 6) is -0.0317. The summed E-state index contributed by atoms with van der Waals surface area (Å²) in [6.07, 6.45) is 49.8. The van der Waals surface area contributed by atoms with Crippen molar-refractivity contribution in [2.75, 3.05) is 6.61 Å². The molecule has 0 aromatic heterocycles. The molecule has 0 saturated carbocycles. The van der Waals surface area contributed by atoms with E-state index >= 15 is 0 Å². The molecule has 0 radical (unpaired) electrons. The van der Waals surface area contributed by atoms with Gasteiger partial charge in [0.25, 0.3) is 0 Å². The molecule has 0 aliphatic carbocycles. The zero-order chi connectivity index (χ0) is 29.0. The van der Waals surface area contributed by atoms with Gasteiger partial charge in [-0.2, -0.15) is 0 Å². The largest absolute Gasteiger partial charge is 0.466 e. The molecule has 2 nitrogen and oxygen atoms in total. The van der Waals surface area contributed by atoms with Gasteiger partial charge in [-0.1, -0.05) is 160 Å². The Labute approximate surface area is 252 Å². The fourth-order valence-electron chi connectivity index (χ4n) is 5.45. The second kappa shape index (κ2) is 36.0. The molecule has 0 unspecified atom stereocenters. The van der Waals surface area contributed by atoms with Crippen LogP contribution in [0.5, 0.6) is 0 Å². The first-order valence-corrected chi connectivity index (χ1v) is 18.3. The Morgan fingerprint density at radius 1 is 0.400 bits per heavy atom. The highest BCUT2D eigenvalue weighted by atomic mass is 16.5. The van der Waals surface area contributed by atoms with Gasteiger partial charge in [0.05, 0.1) is 6.61 Å². The summed E-state index contributed by atoms with van der Waals surface area (Å²) in [6.45, 7) is 4.68. The highest BCUT2D eigenvalue weighted by Crippen LogP contribution is 2.14. The van der Waals surface area contributed by atoms with Crippen LogP contribution in [0.1, 0.15) is 206 Å². The van der Waals surface area contributed by atoms with Gasteiger partial charge in [0.15, 0.2) is 0 Å².